The maximum absolute atomic E-state index is 6.68. The Morgan fingerprint density at radius 1 is 1.16 bits per heavy atom. The third kappa shape index (κ3) is 2.72. The molecule has 1 atom stereocenters. The number of alkyl halides is 1. The monoisotopic (exact) mass is 308 g/mol. The SMILES string of the molecule is Cc1ccc(C(Cl)c2cc3c(s2)CCSC3)cc1C. The zero-order chi connectivity index (χ0) is 13.4. The van der Waals surface area contributed by atoms with Crippen LogP contribution in [0.15, 0.2) is 24.3 Å². The third-order valence-corrected chi connectivity index (χ3v) is 6.65. The van der Waals surface area contributed by atoms with E-state index in [0.29, 0.717) is 0 Å². The first kappa shape index (κ1) is 13.5. The summed E-state index contributed by atoms with van der Waals surface area (Å²) in [5.74, 6) is 2.41. The summed E-state index contributed by atoms with van der Waals surface area (Å²) in [6.07, 6.45) is 1.21. The summed E-state index contributed by atoms with van der Waals surface area (Å²) in [7, 11) is 0. The van der Waals surface area contributed by atoms with Crippen molar-refractivity contribution in [3.8, 4) is 0 Å². The van der Waals surface area contributed by atoms with Crippen LogP contribution in [0.25, 0.3) is 0 Å². The van der Waals surface area contributed by atoms with Crippen molar-refractivity contribution < 1.29 is 0 Å². The first-order chi connectivity index (χ1) is 9.15. The Labute approximate surface area is 128 Å². The number of hydrogen-bond donors (Lipinski definition) is 0. The summed E-state index contributed by atoms with van der Waals surface area (Å²) in [6, 6.07) is 8.87. The minimum Gasteiger partial charge on any atom is -0.157 e. The van der Waals surface area contributed by atoms with E-state index in [9.17, 15) is 0 Å². The van der Waals surface area contributed by atoms with Gasteiger partial charge in [-0.2, -0.15) is 11.8 Å². The van der Waals surface area contributed by atoms with Crippen LogP contribution >= 0.6 is 34.7 Å². The minimum absolute atomic E-state index is 0.0000926. The Hall–Kier alpha value is -0.440. The van der Waals surface area contributed by atoms with Gasteiger partial charge in [-0.25, -0.2) is 0 Å². The van der Waals surface area contributed by atoms with E-state index in [2.05, 4.69) is 38.1 Å². The Morgan fingerprint density at radius 2 is 2.00 bits per heavy atom. The van der Waals surface area contributed by atoms with Crippen molar-refractivity contribution in [1.29, 1.82) is 0 Å². The summed E-state index contributed by atoms with van der Waals surface area (Å²) in [6.45, 7) is 4.29. The molecule has 3 rings (SSSR count). The molecule has 0 saturated carbocycles. The fourth-order valence-electron chi connectivity index (χ4n) is 2.38. The molecule has 1 aliphatic heterocycles. The van der Waals surface area contributed by atoms with Crippen molar-refractivity contribution >= 4 is 34.7 Å². The van der Waals surface area contributed by atoms with Crippen LogP contribution in [0.1, 0.15) is 37.4 Å². The van der Waals surface area contributed by atoms with E-state index in [4.69, 9.17) is 11.6 Å². The number of aryl methyl sites for hydroxylation is 3. The van der Waals surface area contributed by atoms with Gasteiger partial charge >= 0.3 is 0 Å². The zero-order valence-corrected chi connectivity index (χ0v) is 13.6. The van der Waals surface area contributed by atoms with Gasteiger partial charge in [-0.15, -0.1) is 22.9 Å². The van der Waals surface area contributed by atoms with Gasteiger partial charge in [-0.05, 0) is 54.3 Å². The van der Waals surface area contributed by atoms with Gasteiger partial charge in [0.05, 0.1) is 5.38 Å². The average Bonchev–Trinajstić information content (AvgIpc) is 2.85. The maximum atomic E-state index is 6.68. The van der Waals surface area contributed by atoms with Gasteiger partial charge in [0.2, 0.25) is 0 Å². The Balaban J connectivity index is 1.92. The van der Waals surface area contributed by atoms with Gasteiger partial charge in [-0.3, -0.25) is 0 Å². The normalized spacial score (nSPS) is 16.2. The van der Waals surface area contributed by atoms with Crippen molar-refractivity contribution in [3.05, 3.63) is 56.3 Å². The molecule has 0 fully saturated rings. The van der Waals surface area contributed by atoms with Gasteiger partial charge in [0.1, 0.15) is 0 Å². The molecule has 19 heavy (non-hydrogen) atoms. The highest BCUT2D eigenvalue weighted by atomic mass is 35.5. The summed E-state index contributed by atoms with van der Waals surface area (Å²) < 4.78 is 0. The van der Waals surface area contributed by atoms with Crippen LogP contribution in [0.2, 0.25) is 0 Å². The minimum atomic E-state index is -0.0000926. The number of thiophene rings is 1. The highest BCUT2D eigenvalue weighted by Gasteiger charge is 2.19. The zero-order valence-electron chi connectivity index (χ0n) is 11.2. The largest absolute Gasteiger partial charge is 0.157 e. The lowest BCUT2D eigenvalue weighted by atomic mass is 10.0. The topological polar surface area (TPSA) is 0 Å². The van der Waals surface area contributed by atoms with Gasteiger partial charge < -0.3 is 0 Å². The molecule has 1 aliphatic rings. The summed E-state index contributed by atoms with van der Waals surface area (Å²) in [4.78, 5) is 2.85. The van der Waals surface area contributed by atoms with E-state index in [0.717, 1.165) is 5.75 Å². The fourth-order valence-corrected chi connectivity index (χ4v) is 5.10. The predicted molar refractivity (Wildman–Crippen MR) is 87.8 cm³/mol. The van der Waals surface area contributed by atoms with Crippen LogP contribution in [0.5, 0.6) is 0 Å². The Morgan fingerprint density at radius 3 is 2.74 bits per heavy atom. The summed E-state index contributed by atoms with van der Waals surface area (Å²) in [5.41, 5.74) is 5.37. The molecule has 0 nitrogen and oxygen atoms in total. The number of benzene rings is 1. The molecule has 1 unspecified atom stereocenters. The lowest BCUT2D eigenvalue weighted by Crippen LogP contribution is -1.96. The highest BCUT2D eigenvalue weighted by molar-refractivity contribution is 7.98. The number of rotatable bonds is 2. The maximum Gasteiger partial charge on any atom is 0.0928 e. The molecule has 1 aromatic heterocycles. The second-order valence-electron chi connectivity index (χ2n) is 5.11. The standard InChI is InChI=1S/C16H17ClS2/c1-10-3-4-12(7-11(10)2)16(17)15-8-13-9-18-6-5-14(13)19-15/h3-4,7-8,16H,5-6,9H2,1-2H3. The van der Waals surface area contributed by atoms with Gasteiger partial charge in [0.25, 0.3) is 0 Å². The molecule has 2 heterocycles. The molecule has 0 saturated heterocycles. The van der Waals surface area contributed by atoms with E-state index in [-0.39, 0.29) is 5.38 Å². The molecule has 0 amide bonds. The Kier molecular flexibility index (Phi) is 3.93. The quantitative estimate of drug-likeness (QED) is 0.662. The van der Waals surface area contributed by atoms with Gasteiger partial charge in [0, 0.05) is 15.5 Å². The molecule has 0 spiro atoms. The van der Waals surface area contributed by atoms with Crippen LogP contribution in [0.3, 0.4) is 0 Å². The van der Waals surface area contributed by atoms with Gasteiger partial charge in [-0.1, -0.05) is 18.2 Å². The second-order valence-corrected chi connectivity index (χ2v) is 7.82. The molecular weight excluding hydrogens is 292 g/mol. The van der Waals surface area contributed by atoms with Crippen molar-refractivity contribution in [2.45, 2.75) is 31.4 Å². The molecule has 3 heteroatoms. The number of halogens is 1. The molecule has 0 aliphatic carbocycles. The molecular formula is C16H17ClS2. The van der Waals surface area contributed by atoms with Crippen LogP contribution in [-0.2, 0) is 12.2 Å². The van der Waals surface area contributed by atoms with Crippen LogP contribution in [0, 0.1) is 13.8 Å². The second kappa shape index (κ2) is 5.51. The van der Waals surface area contributed by atoms with Crippen molar-refractivity contribution in [1.82, 2.24) is 0 Å². The Bertz CT molecular complexity index is 577. The molecule has 2 aromatic rings. The highest BCUT2D eigenvalue weighted by Crippen LogP contribution is 2.39. The lowest BCUT2D eigenvalue weighted by Gasteiger charge is -2.10. The number of thioether (sulfide) groups is 1. The lowest BCUT2D eigenvalue weighted by molar-refractivity contribution is 1.13. The molecule has 100 valence electrons. The van der Waals surface area contributed by atoms with E-state index < -0.39 is 0 Å². The third-order valence-electron chi connectivity index (χ3n) is 3.72. The van der Waals surface area contributed by atoms with E-state index >= 15 is 0 Å². The predicted octanol–water partition coefficient (Wildman–Crippen LogP) is 5.48. The molecule has 0 N–H and O–H groups in total. The average molecular weight is 309 g/mol. The molecule has 1 aromatic carbocycles. The van der Waals surface area contributed by atoms with Crippen molar-refractivity contribution in [2.75, 3.05) is 5.75 Å². The molecule has 0 radical (unpaired) electrons. The van der Waals surface area contributed by atoms with Crippen molar-refractivity contribution in [3.63, 3.8) is 0 Å². The van der Waals surface area contributed by atoms with Crippen molar-refractivity contribution in [2.24, 2.45) is 0 Å². The first-order valence-electron chi connectivity index (χ1n) is 6.55. The van der Waals surface area contributed by atoms with E-state index in [1.807, 2.05) is 23.1 Å². The first-order valence-corrected chi connectivity index (χ1v) is 8.96. The van der Waals surface area contributed by atoms with E-state index in [1.54, 1.807) is 4.88 Å². The summed E-state index contributed by atoms with van der Waals surface area (Å²) >= 11 is 10.6. The van der Waals surface area contributed by atoms with Crippen LogP contribution < -0.4 is 0 Å². The molecule has 0 bridgehead atoms. The van der Waals surface area contributed by atoms with E-state index in [1.165, 1.54) is 39.3 Å². The number of hydrogen-bond acceptors (Lipinski definition) is 2. The van der Waals surface area contributed by atoms with Gasteiger partial charge in [0.15, 0.2) is 0 Å². The summed E-state index contributed by atoms with van der Waals surface area (Å²) in [5, 5.41) is -0.0000926. The smallest absolute Gasteiger partial charge is 0.0928 e. The fraction of sp³-hybridized carbons (Fsp3) is 0.375. The van der Waals surface area contributed by atoms with Crippen LogP contribution in [-0.4, -0.2) is 5.75 Å². The number of fused-ring (bicyclic) bond motifs is 1. The van der Waals surface area contributed by atoms with Crippen LogP contribution in [0.4, 0.5) is 0 Å².